The van der Waals surface area contributed by atoms with E-state index in [0.29, 0.717) is 32.1 Å². The maximum atomic E-state index is 12.8. The molecule has 2 rings (SSSR count). The van der Waals surface area contributed by atoms with E-state index in [9.17, 15) is 8.42 Å². The minimum absolute atomic E-state index is 0.0259. The molecule has 0 saturated carbocycles. The van der Waals surface area contributed by atoms with Gasteiger partial charge in [-0.15, -0.1) is 0 Å². The van der Waals surface area contributed by atoms with Gasteiger partial charge in [0.05, 0.1) is 0 Å². The van der Waals surface area contributed by atoms with Crippen molar-refractivity contribution in [2.24, 2.45) is 11.7 Å². The molecule has 0 radical (unpaired) electrons. The fraction of sp³-hybridized carbons (Fsp3) is 1.00. The van der Waals surface area contributed by atoms with Gasteiger partial charge in [0.25, 0.3) is 10.2 Å². The van der Waals surface area contributed by atoms with Crippen molar-refractivity contribution >= 4 is 10.2 Å². The van der Waals surface area contributed by atoms with Gasteiger partial charge in [-0.25, -0.2) is 0 Å². The molecule has 0 bridgehead atoms. The molecule has 0 aromatic rings. The number of hydrogen-bond acceptors (Lipinski definition) is 3. The zero-order valence-electron chi connectivity index (χ0n) is 11.9. The van der Waals surface area contributed by atoms with Gasteiger partial charge >= 0.3 is 0 Å². The van der Waals surface area contributed by atoms with Crippen molar-refractivity contribution in [1.29, 1.82) is 0 Å². The molecule has 2 aliphatic rings. The van der Waals surface area contributed by atoms with E-state index in [2.05, 4.69) is 6.92 Å². The Morgan fingerprint density at radius 2 is 1.68 bits per heavy atom. The van der Waals surface area contributed by atoms with Crippen LogP contribution in [0.4, 0.5) is 0 Å². The largest absolute Gasteiger partial charge is 0.329 e. The highest BCUT2D eigenvalue weighted by molar-refractivity contribution is 7.86. The summed E-state index contributed by atoms with van der Waals surface area (Å²) in [7, 11) is -3.32. The molecule has 2 heterocycles. The Morgan fingerprint density at radius 3 is 2.26 bits per heavy atom. The third-order valence-electron chi connectivity index (χ3n) is 4.49. The average molecular weight is 289 g/mol. The van der Waals surface area contributed by atoms with Crippen LogP contribution >= 0.6 is 0 Å². The van der Waals surface area contributed by atoms with Crippen LogP contribution in [0, 0.1) is 5.92 Å². The molecular weight excluding hydrogens is 262 g/mol. The van der Waals surface area contributed by atoms with Crippen molar-refractivity contribution in [2.75, 3.05) is 26.2 Å². The number of nitrogens with two attached hydrogens (primary N) is 1. The third kappa shape index (κ3) is 3.29. The molecule has 0 aromatic carbocycles. The predicted octanol–water partition coefficient (Wildman–Crippen LogP) is 1.17. The third-order valence-corrected chi connectivity index (χ3v) is 6.56. The van der Waals surface area contributed by atoms with Crippen molar-refractivity contribution in [3.8, 4) is 0 Å². The molecule has 112 valence electrons. The lowest BCUT2D eigenvalue weighted by Crippen LogP contribution is -2.55. The highest BCUT2D eigenvalue weighted by Crippen LogP contribution is 2.27. The summed E-state index contributed by atoms with van der Waals surface area (Å²) in [6.45, 7) is 4.51. The van der Waals surface area contributed by atoms with Crippen molar-refractivity contribution < 1.29 is 8.42 Å². The molecule has 6 heteroatoms. The lowest BCUT2D eigenvalue weighted by Gasteiger charge is -2.40. The first-order valence-corrected chi connectivity index (χ1v) is 8.94. The lowest BCUT2D eigenvalue weighted by atomic mass is 9.93. The van der Waals surface area contributed by atoms with E-state index in [4.69, 9.17) is 5.73 Å². The SMILES string of the molecule is C[C@H]1CCCN(S(=O)(=O)N2CCCCCC2)[C@@H]1CN. The van der Waals surface area contributed by atoms with Crippen LogP contribution < -0.4 is 5.73 Å². The van der Waals surface area contributed by atoms with Crippen molar-refractivity contribution in [3.63, 3.8) is 0 Å². The van der Waals surface area contributed by atoms with Crippen LogP contribution in [-0.4, -0.2) is 49.2 Å². The first kappa shape index (κ1) is 15.2. The highest BCUT2D eigenvalue weighted by Gasteiger charge is 2.38. The zero-order chi connectivity index (χ0) is 13.9. The first-order valence-electron chi connectivity index (χ1n) is 7.54. The summed E-state index contributed by atoms with van der Waals surface area (Å²) < 4.78 is 29.0. The van der Waals surface area contributed by atoms with Gasteiger partial charge in [0.1, 0.15) is 0 Å². The van der Waals surface area contributed by atoms with Gasteiger partial charge in [-0.2, -0.15) is 17.0 Å². The van der Waals surface area contributed by atoms with Crippen LogP contribution in [0.3, 0.4) is 0 Å². The maximum absolute atomic E-state index is 12.8. The van der Waals surface area contributed by atoms with Crippen LogP contribution in [-0.2, 0) is 10.2 Å². The van der Waals surface area contributed by atoms with E-state index in [-0.39, 0.29) is 6.04 Å². The Kier molecular flexibility index (Phi) is 5.22. The molecule has 19 heavy (non-hydrogen) atoms. The van der Waals surface area contributed by atoms with E-state index in [1.54, 1.807) is 8.61 Å². The fourth-order valence-corrected chi connectivity index (χ4v) is 5.28. The van der Waals surface area contributed by atoms with Crippen LogP contribution in [0.25, 0.3) is 0 Å². The summed E-state index contributed by atoms with van der Waals surface area (Å²) >= 11 is 0. The second kappa shape index (κ2) is 6.52. The van der Waals surface area contributed by atoms with E-state index in [1.165, 1.54) is 0 Å². The fourth-order valence-electron chi connectivity index (χ4n) is 3.27. The van der Waals surface area contributed by atoms with Gasteiger partial charge in [-0.3, -0.25) is 0 Å². The van der Waals surface area contributed by atoms with E-state index < -0.39 is 10.2 Å². The van der Waals surface area contributed by atoms with Crippen molar-refractivity contribution in [3.05, 3.63) is 0 Å². The highest BCUT2D eigenvalue weighted by atomic mass is 32.2. The second-order valence-corrected chi connectivity index (χ2v) is 7.74. The summed E-state index contributed by atoms with van der Waals surface area (Å²) in [4.78, 5) is 0. The normalized spacial score (nSPS) is 32.1. The summed E-state index contributed by atoms with van der Waals surface area (Å²) in [5.74, 6) is 0.362. The summed E-state index contributed by atoms with van der Waals surface area (Å²) in [5.41, 5.74) is 5.82. The van der Waals surface area contributed by atoms with E-state index in [1.807, 2.05) is 0 Å². The number of rotatable bonds is 3. The Bertz CT molecular complexity index is 377. The average Bonchev–Trinajstić information content (AvgIpc) is 2.67. The van der Waals surface area contributed by atoms with Crippen LogP contribution in [0.15, 0.2) is 0 Å². The van der Waals surface area contributed by atoms with Crippen molar-refractivity contribution in [1.82, 2.24) is 8.61 Å². The topological polar surface area (TPSA) is 66.6 Å². The van der Waals surface area contributed by atoms with E-state index in [0.717, 1.165) is 38.5 Å². The Hall–Kier alpha value is -0.170. The minimum Gasteiger partial charge on any atom is -0.329 e. The number of hydrogen-bond donors (Lipinski definition) is 1. The minimum atomic E-state index is -3.32. The molecule has 0 aliphatic carbocycles. The zero-order valence-corrected chi connectivity index (χ0v) is 12.7. The van der Waals surface area contributed by atoms with Gasteiger partial charge in [0, 0.05) is 32.2 Å². The van der Waals surface area contributed by atoms with Gasteiger partial charge in [-0.05, 0) is 31.6 Å². The molecule has 2 aliphatic heterocycles. The molecule has 2 saturated heterocycles. The van der Waals surface area contributed by atoms with Gasteiger partial charge in [-0.1, -0.05) is 19.8 Å². The van der Waals surface area contributed by atoms with Crippen LogP contribution in [0.2, 0.25) is 0 Å². The summed E-state index contributed by atoms with van der Waals surface area (Å²) in [6.07, 6.45) is 6.27. The van der Waals surface area contributed by atoms with Crippen molar-refractivity contribution in [2.45, 2.75) is 51.5 Å². The Labute approximate surface area is 117 Å². The predicted molar refractivity (Wildman–Crippen MR) is 76.9 cm³/mol. The van der Waals surface area contributed by atoms with Gasteiger partial charge in [0.15, 0.2) is 0 Å². The Morgan fingerprint density at radius 1 is 1.05 bits per heavy atom. The summed E-state index contributed by atoms with van der Waals surface area (Å²) in [5, 5.41) is 0. The first-order chi connectivity index (χ1) is 9.07. The quantitative estimate of drug-likeness (QED) is 0.848. The standard InChI is InChI=1S/C13H27N3O2S/c1-12-7-6-10-16(13(12)11-14)19(17,18)15-8-4-2-3-5-9-15/h12-13H,2-11,14H2,1H3/t12-,13+/m0/s1. The molecule has 2 fully saturated rings. The second-order valence-electron chi connectivity index (χ2n) is 5.85. The summed E-state index contributed by atoms with van der Waals surface area (Å²) in [6, 6.07) is -0.0259. The van der Waals surface area contributed by atoms with E-state index >= 15 is 0 Å². The van der Waals surface area contributed by atoms with Gasteiger partial charge < -0.3 is 5.73 Å². The molecule has 0 spiro atoms. The Balaban J connectivity index is 2.16. The molecule has 2 N–H and O–H groups in total. The molecular formula is C13H27N3O2S. The molecule has 5 nitrogen and oxygen atoms in total. The van der Waals surface area contributed by atoms with Gasteiger partial charge in [0.2, 0.25) is 0 Å². The molecule has 0 amide bonds. The number of piperidine rings is 1. The molecule has 0 aromatic heterocycles. The molecule has 2 atom stereocenters. The smallest absolute Gasteiger partial charge is 0.282 e. The van der Waals surface area contributed by atoms with Crippen LogP contribution in [0.5, 0.6) is 0 Å². The monoisotopic (exact) mass is 289 g/mol. The maximum Gasteiger partial charge on any atom is 0.282 e. The number of nitrogens with zero attached hydrogens (tertiary/aromatic N) is 2. The van der Waals surface area contributed by atoms with Crippen LogP contribution in [0.1, 0.15) is 45.4 Å². The lowest BCUT2D eigenvalue weighted by molar-refractivity contribution is 0.180. The molecule has 0 unspecified atom stereocenters.